The molecule has 5 N–H and O–H groups in total. The van der Waals surface area contributed by atoms with Gasteiger partial charge >= 0.3 is 0 Å². The van der Waals surface area contributed by atoms with Crippen molar-refractivity contribution in [3.63, 3.8) is 0 Å². The second-order valence-electron chi connectivity index (χ2n) is 5.86. The lowest BCUT2D eigenvalue weighted by Crippen LogP contribution is -2.33. The molecular formula is C16H17FN4O5S. The van der Waals surface area contributed by atoms with Crippen LogP contribution in [-0.4, -0.2) is 33.3 Å². The number of nitrogens with two attached hydrogens (primary N) is 1. The van der Waals surface area contributed by atoms with Crippen molar-refractivity contribution in [1.29, 1.82) is 0 Å². The topological polar surface area (TPSA) is 144 Å². The molecule has 0 unspecified atom stereocenters. The van der Waals surface area contributed by atoms with E-state index in [2.05, 4.69) is 10.6 Å². The number of anilines is 1. The van der Waals surface area contributed by atoms with E-state index in [-0.39, 0.29) is 11.4 Å². The maximum Gasteiger partial charge on any atom is 0.291 e. The van der Waals surface area contributed by atoms with Gasteiger partial charge in [0, 0.05) is 6.54 Å². The van der Waals surface area contributed by atoms with Gasteiger partial charge in [0.1, 0.15) is 5.82 Å². The fourth-order valence-corrected chi connectivity index (χ4v) is 3.56. The van der Waals surface area contributed by atoms with Gasteiger partial charge in [0.2, 0.25) is 11.0 Å². The van der Waals surface area contributed by atoms with Gasteiger partial charge in [0.25, 0.3) is 15.9 Å². The lowest BCUT2D eigenvalue weighted by molar-refractivity contribution is -0.116. The molecule has 144 valence electrons. The van der Waals surface area contributed by atoms with Crippen LogP contribution in [-0.2, 0) is 27.8 Å². The van der Waals surface area contributed by atoms with E-state index in [4.69, 9.17) is 10.2 Å². The molecule has 1 aromatic carbocycles. The van der Waals surface area contributed by atoms with Crippen LogP contribution in [0.15, 0.2) is 33.8 Å². The van der Waals surface area contributed by atoms with Crippen molar-refractivity contribution in [2.24, 2.45) is 5.73 Å². The summed E-state index contributed by atoms with van der Waals surface area (Å²) in [7, 11) is -4.14. The summed E-state index contributed by atoms with van der Waals surface area (Å²) < 4.78 is 45.4. The van der Waals surface area contributed by atoms with Crippen LogP contribution in [0.25, 0.3) is 0 Å². The number of primary amides is 1. The molecule has 0 saturated carbocycles. The molecule has 2 aromatic rings. The van der Waals surface area contributed by atoms with Crippen molar-refractivity contribution in [3.8, 4) is 0 Å². The molecule has 0 radical (unpaired) electrons. The Morgan fingerprint density at radius 3 is 2.78 bits per heavy atom. The Morgan fingerprint density at radius 1 is 1.26 bits per heavy atom. The number of carbonyl (C=O) groups is 2. The fraction of sp³-hybridized carbons (Fsp3) is 0.250. The average molecular weight is 396 g/mol. The molecule has 1 aromatic heterocycles. The van der Waals surface area contributed by atoms with Crippen molar-refractivity contribution in [2.75, 3.05) is 18.4 Å². The SMILES string of the molecule is NC(=O)CNS(=O)(=O)c1ccc(C(=O)Nc2ccc3c(c2F)CCNC3)o1. The predicted octanol–water partition coefficient (Wildman–Crippen LogP) is 0.0803. The molecule has 2 amide bonds. The van der Waals surface area contributed by atoms with E-state index in [1.165, 1.54) is 6.07 Å². The second kappa shape index (κ2) is 7.47. The summed E-state index contributed by atoms with van der Waals surface area (Å²) in [6, 6.07) is 5.33. The first-order valence-corrected chi connectivity index (χ1v) is 9.46. The maximum absolute atomic E-state index is 14.6. The third-order valence-electron chi connectivity index (χ3n) is 3.96. The number of fused-ring (bicyclic) bond motifs is 1. The number of halogens is 1. The standard InChI is InChI=1S/C16H17FN4O5S/c17-15-10-5-6-19-7-9(10)1-2-11(15)21-16(23)12-3-4-14(26-12)27(24,25)20-8-13(18)22/h1-4,19-20H,5-8H2,(H2,18,22)(H,21,23). The summed E-state index contributed by atoms with van der Waals surface area (Å²) in [5.74, 6) is -2.53. The van der Waals surface area contributed by atoms with Crippen LogP contribution in [0.5, 0.6) is 0 Å². The lowest BCUT2D eigenvalue weighted by Gasteiger charge is -2.19. The van der Waals surface area contributed by atoms with Crippen LogP contribution in [0, 0.1) is 5.82 Å². The van der Waals surface area contributed by atoms with Crippen LogP contribution in [0.4, 0.5) is 10.1 Å². The molecule has 11 heteroatoms. The minimum absolute atomic E-state index is 0.0201. The zero-order valence-corrected chi connectivity index (χ0v) is 14.9. The molecule has 1 aliphatic rings. The van der Waals surface area contributed by atoms with Crippen LogP contribution >= 0.6 is 0 Å². The van der Waals surface area contributed by atoms with E-state index in [0.29, 0.717) is 25.1 Å². The number of benzene rings is 1. The van der Waals surface area contributed by atoms with E-state index in [9.17, 15) is 22.4 Å². The fourth-order valence-electron chi connectivity index (χ4n) is 2.64. The van der Waals surface area contributed by atoms with Crippen LogP contribution < -0.4 is 21.1 Å². The highest BCUT2D eigenvalue weighted by Gasteiger charge is 2.23. The van der Waals surface area contributed by atoms with Crippen molar-refractivity contribution in [1.82, 2.24) is 10.0 Å². The number of hydrogen-bond acceptors (Lipinski definition) is 6. The number of hydrogen-bond donors (Lipinski definition) is 4. The Balaban J connectivity index is 1.76. The van der Waals surface area contributed by atoms with Crippen molar-refractivity contribution < 1.29 is 26.8 Å². The van der Waals surface area contributed by atoms with E-state index in [1.807, 2.05) is 4.72 Å². The summed E-state index contributed by atoms with van der Waals surface area (Å²) in [5, 5.41) is 4.94. The van der Waals surface area contributed by atoms with Gasteiger partial charge in [-0.25, -0.2) is 12.8 Å². The Kier molecular flexibility index (Phi) is 5.26. The first-order chi connectivity index (χ1) is 12.8. The molecule has 1 aliphatic heterocycles. The van der Waals surface area contributed by atoms with Gasteiger partial charge in [0.15, 0.2) is 5.76 Å². The van der Waals surface area contributed by atoms with E-state index in [0.717, 1.165) is 17.7 Å². The van der Waals surface area contributed by atoms with Crippen molar-refractivity contribution in [2.45, 2.75) is 18.1 Å². The Bertz CT molecular complexity index is 1000. The summed E-state index contributed by atoms with van der Waals surface area (Å²) in [4.78, 5) is 23.0. The third-order valence-corrected chi connectivity index (χ3v) is 5.24. The third kappa shape index (κ3) is 4.15. The number of rotatable bonds is 6. The molecule has 0 bridgehead atoms. The largest absolute Gasteiger partial charge is 0.438 e. The number of furan rings is 1. The van der Waals surface area contributed by atoms with E-state index in [1.54, 1.807) is 6.07 Å². The van der Waals surface area contributed by atoms with Gasteiger partial charge in [-0.2, -0.15) is 4.72 Å². The summed E-state index contributed by atoms with van der Waals surface area (Å²) in [6.45, 7) is 0.580. The van der Waals surface area contributed by atoms with Gasteiger partial charge in [0.05, 0.1) is 12.2 Å². The minimum Gasteiger partial charge on any atom is -0.438 e. The molecule has 0 aliphatic carbocycles. The zero-order chi connectivity index (χ0) is 19.6. The lowest BCUT2D eigenvalue weighted by atomic mass is 9.99. The highest BCUT2D eigenvalue weighted by atomic mass is 32.2. The smallest absolute Gasteiger partial charge is 0.291 e. The van der Waals surface area contributed by atoms with Crippen molar-refractivity contribution >= 4 is 27.5 Å². The normalized spacial score (nSPS) is 13.8. The predicted molar refractivity (Wildman–Crippen MR) is 92.9 cm³/mol. The highest BCUT2D eigenvalue weighted by molar-refractivity contribution is 7.89. The molecule has 3 rings (SSSR count). The van der Waals surface area contributed by atoms with E-state index < -0.39 is 39.3 Å². The molecule has 0 fully saturated rings. The van der Waals surface area contributed by atoms with Crippen LogP contribution in [0.1, 0.15) is 21.7 Å². The molecule has 0 atom stereocenters. The molecule has 27 heavy (non-hydrogen) atoms. The minimum atomic E-state index is -4.14. The van der Waals surface area contributed by atoms with Crippen LogP contribution in [0.3, 0.4) is 0 Å². The summed E-state index contributed by atoms with van der Waals surface area (Å²) in [6.07, 6.45) is 0.500. The molecule has 9 nitrogen and oxygen atoms in total. The number of nitrogens with one attached hydrogen (secondary N) is 3. The molecule has 0 saturated heterocycles. The number of sulfonamides is 1. The zero-order valence-electron chi connectivity index (χ0n) is 14.0. The summed E-state index contributed by atoms with van der Waals surface area (Å²) >= 11 is 0. The first kappa shape index (κ1) is 19.0. The monoisotopic (exact) mass is 396 g/mol. The Morgan fingerprint density at radius 2 is 2.04 bits per heavy atom. The highest BCUT2D eigenvalue weighted by Crippen LogP contribution is 2.25. The Labute approximate surface area is 154 Å². The quantitative estimate of drug-likeness (QED) is 0.544. The van der Waals surface area contributed by atoms with Gasteiger partial charge in [-0.1, -0.05) is 6.07 Å². The van der Waals surface area contributed by atoms with Gasteiger partial charge in [-0.3, -0.25) is 9.59 Å². The van der Waals surface area contributed by atoms with Crippen LogP contribution in [0.2, 0.25) is 0 Å². The van der Waals surface area contributed by atoms with E-state index >= 15 is 0 Å². The van der Waals surface area contributed by atoms with Gasteiger partial charge < -0.3 is 20.8 Å². The maximum atomic E-state index is 14.6. The second-order valence-corrected chi connectivity index (χ2v) is 7.55. The van der Waals surface area contributed by atoms with Crippen molar-refractivity contribution in [3.05, 3.63) is 47.0 Å². The Hall–Kier alpha value is -2.76. The summed E-state index contributed by atoms with van der Waals surface area (Å²) in [5.41, 5.74) is 6.21. The number of carbonyl (C=O) groups excluding carboxylic acids is 2. The van der Waals surface area contributed by atoms with Gasteiger partial charge in [-0.05, 0) is 42.3 Å². The first-order valence-electron chi connectivity index (χ1n) is 7.98. The van der Waals surface area contributed by atoms with Gasteiger partial charge in [-0.15, -0.1) is 0 Å². The molecular weight excluding hydrogens is 379 g/mol. The molecule has 0 spiro atoms. The number of amides is 2. The molecule has 2 heterocycles. The average Bonchev–Trinajstić information content (AvgIpc) is 3.14.